The molecule has 0 aliphatic rings. The molecule has 1 aromatic carbocycles. The summed E-state index contributed by atoms with van der Waals surface area (Å²) in [6.07, 6.45) is 0. The van der Waals surface area contributed by atoms with E-state index in [0.29, 0.717) is 5.56 Å². The van der Waals surface area contributed by atoms with Crippen molar-refractivity contribution in [1.82, 2.24) is 0 Å². The molecular weight excluding hydrogens is 195 g/mol. The third kappa shape index (κ3) is 1.70. The lowest BCUT2D eigenvalue weighted by molar-refractivity contribution is 0.378. The zero-order valence-electron chi connectivity index (χ0n) is 7.31. The van der Waals surface area contributed by atoms with E-state index in [0.717, 1.165) is 6.07 Å². The molecule has 2 N–H and O–H groups in total. The van der Waals surface area contributed by atoms with Gasteiger partial charge in [0.1, 0.15) is 0 Å². The normalized spacial score (nSPS) is 10.8. The van der Waals surface area contributed by atoms with E-state index in [-0.39, 0.29) is 10.9 Å². The van der Waals surface area contributed by atoms with Gasteiger partial charge < -0.3 is 10.2 Å². The number of aromatic hydroxyl groups is 2. The molecular formula is C9H10ClFO2. The van der Waals surface area contributed by atoms with E-state index in [2.05, 4.69) is 0 Å². The minimum Gasteiger partial charge on any atom is -0.503 e. The molecule has 1 rings (SSSR count). The maximum atomic E-state index is 12.9. The predicted octanol–water partition coefficient (Wildman–Crippen LogP) is 3.01. The van der Waals surface area contributed by atoms with Crippen LogP contribution >= 0.6 is 11.6 Å². The van der Waals surface area contributed by atoms with Crippen molar-refractivity contribution in [2.45, 2.75) is 19.8 Å². The zero-order chi connectivity index (χ0) is 10.2. The van der Waals surface area contributed by atoms with E-state index < -0.39 is 17.3 Å². The Hall–Kier alpha value is -0.960. The lowest BCUT2D eigenvalue weighted by Gasteiger charge is -2.10. The third-order valence-corrected chi connectivity index (χ3v) is 2.21. The molecule has 13 heavy (non-hydrogen) atoms. The summed E-state index contributed by atoms with van der Waals surface area (Å²) in [4.78, 5) is 0. The highest BCUT2D eigenvalue weighted by Crippen LogP contribution is 2.40. The Morgan fingerprint density at radius 3 is 2.31 bits per heavy atom. The standard InChI is InChI=1S/C9H10ClFO2/c1-4(2)5-3-6(11)8(12)9(13)7(5)10/h3-4,12-13H,1-2H3. The number of benzene rings is 1. The molecule has 0 saturated heterocycles. The van der Waals surface area contributed by atoms with Gasteiger partial charge in [0.2, 0.25) is 0 Å². The highest BCUT2D eigenvalue weighted by atomic mass is 35.5. The molecule has 4 heteroatoms. The third-order valence-electron chi connectivity index (χ3n) is 1.82. The topological polar surface area (TPSA) is 40.5 Å². The van der Waals surface area contributed by atoms with Crippen LogP contribution in [0.5, 0.6) is 11.5 Å². The van der Waals surface area contributed by atoms with Crippen LogP contribution in [0.1, 0.15) is 25.3 Å². The van der Waals surface area contributed by atoms with Crippen LogP contribution < -0.4 is 0 Å². The van der Waals surface area contributed by atoms with Gasteiger partial charge in [0.25, 0.3) is 0 Å². The number of phenols is 2. The first-order chi connectivity index (χ1) is 5.95. The van der Waals surface area contributed by atoms with E-state index in [1.165, 1.54) is 0 Å². The monoisotopic (exact) mass is 204 g/mol. The van der Waals surface area contributed by atoms with Crippen LogP contribution in [0, 0.1) is 5.82 Å². The Morgan fingerprint density at radius 1 is 1.31 bits per heavy atom. The van der Waals surface area contributed by atoms with Crippen LogP contribution in [-0.4, -0.2) is 10.2 Å². The maximum absolute atomic E-state index is 12.9. The molecule has 0 radical (unpaired) electrons. The van der Waals surface area contributed by atoms with Gasteiger partial charge >= 0.3 is 0 Å². The Balaban J connectivity index is 3.41. The molecule has 0 aromatic heterocycles. The summed E-state index contributed by atoms with van der Waals surface area (Å²) in [7, 11) is 0. The lowest BCUT2D eigenvalue weighted by atomic mass is 10.0. The molecule has 0 bridgehead atoms. The minimum atomic E-state index is -0.856. The van der Waals surface area contributed by atoms with Crippen molar-refractivity contribution in [3.8, 4) is 11.5 Å². The predicted molar refractivity (Wildman–Crippen MR) is 48.8 cm³/mol. The Labute approximate surface area is 80.6 Å². The van der Waals surface area contributed by atoms with Gasteiger partial charge in [0.05, 0.1) is 5.02 Å². The number of hydrogen-bond donors (Lipinski definition) is 2. The molecule has 0 aliphatic heterocycles. The van der Waals surface area contributed by atoms with E-state index in [4.69, 9.17) is 16.7 Å². The molecule has 0 atom stereocenters. The smallest absolute Gasteiger partial charge is 0.195 e. The number of halogens is 2. The van der Waals surface area contributed by atoms with Crippen molar-refractivity contribution in [1.29, 1.82) is 0 Å². The SMILES string of the molecule is CC(C)c1cc(F)c(O)c(O)c1Cl. The van der Waals surface area contributed by atoms with E-state index in [9.17, 15) is 9.50 Å². The second-order valence-corrected chi connectivity index (χ2v) is 3.49. The quantitative estimate of drug-likeness (QED) is 0.691. The molecule has 0 unspecified atom stereocenters. The summed E-state index contributed by atoms with van der Waals surface area (Å²) in [5, 5.41) is 18.2. The first kappa shape index (κ1) is 10.1. The minimum absolute atomic E-state index is 0.00602. The number of rotatable bonds is 1. The molecule has 0 fully saturated rings. The number of hydrogen-bond acceptors (Lipinski definition) is 2. The fourth-order valence-corrected chi connectivity index (χ4v) is 1.40. The van der Waals surface area contributed by atoms with Gasteiger partial charge in [-0.05, 0) is 17.5 Å². The number of phenolic OH excluding ortho intramolecular Hbond substituents is 2. The van der Waals surface area contributed by atoms with Crippen LogP contribution in [0.4, 0.5) is 4.39 Å². The van der Waals surface area contributed by atoms with Crippen molar-refractivity contribution in [2.24, 2.45) is 0 Å². The van der Waals surface area contributed by atoms with E-state index in [1.807, 2.05) is 13.8 Å². The van der Waals surface area contributed by atoms with Crippen LogP contribution in [0.3, 0.4) is 0 Å². The highest BCUT2D eigenvalue weighted by molar-refractivity contribution is 6.33. The van der Waals surface area contributed by atoms with Gasteiger partial charge in [-0.25, -0.2) is 4.39 Å². The first-order valence-electron chi connectivity index (χ1n) is 3.85. The Kier molecular flexibility index (Phi) is 2.66. The van der Waals surface area contributed by atoms with Crippen molar-refractivity contribution < 1.29 is 14.6 Å². The molecule has 1 aromatic rings. The summed E-state index contributed by atoms with van der Waals surface area (Å²) >= 11 is 5.69. The second kappa shape index (κ2) is 3.42. The average molecular weight is 205 g/mol. The van der Waals surface area contributed by atoms with Crippen molar-refractivity contribution in [3.05, 3.63) is 22.5 Å². The lowest BCUT2D eigenvalue weighted by Crippen LogP contribution is -1.91. The van der Waals surface area contributed by atoms with E-state index in [1.54, 1.807) is 0 Å². The maximum Gasteiger partial charge on any atom is 0.195 e. The summed E-state index contributed by atoms with van der Waals surface area (Å²) in [6.45, 7) is 3.63. The Morgan fingerprint density at radius 2 is 1.85 bits per heavy atom. The summed E-state index contributed by atoms with van der Waals surface area (Å²) in [6, 6.07) is 1.13. The van der Waals surface area contributed by atoms with Crippen molar-refractivity contribution in [3.63, 3.8) is 0 Å². The van der Waals surface area contributed by atoms with Gasteiger partial charge in [0, 0.05) is 0 Å². The van der Waals surface area contributed by atoms with Crippen molar-refractivity contribution >= 4 is 11.6 Å². The molecule has 0 amide bonds. The highest BCUT2D eigenvalue weighted by Gasteiger charge is 2.17. The molecule has 0 heterocycles. The van der Waals surface area contributed by atoms with Gasteiger partial charge in [0.15, 0.2) is 17.3 Å². The van der Waals surface area contributed by atoms with Crippen molar-refractivity contribution in [2.75, 3.05) is 0 Å². The Bertz CT molecular complexity index is 337. The van der Waals surface area contributed by atoms with Crippen LogP contribution in [0.15, 0.2) is 6.07 Å². The molecule has 0 spiro atoms. The molecule has 0 aliphatic carbocycles. The fourth-order valence-electron chi connectivity index (χ4n) is 1.04. The average Bonchev–Trinajstić information content (AvgIpc) is 2.07. The molecule has 0 saturated carbocycles. The summed E-state index contributed by atoms with van der Waals surface area (Å²) in [5.41, 5.74) is 0.481. The molecule has 2 nitrogen and oxygen atoms in total. The van der Waals surface area contributed by atoms with Crippen LogP contribution in [0.25, 0.3) is 0 Å². The van der Waals surface area contributed by atoms with Crippen LogP contribution in [-0.2, 0) is 0 Å². The van der Waals surface area contributed by atoms with E-state index >= 15 is 0 Å². The van der Waals surface area contributed by atoms with Gasteiger partial charge in [-0.2, -0.15) is 0 Å². The summed E-state index contributed by atoms with van der Waals surface area (Å²) in [5.74, 6) is -2.25. The second-order valence-electron chi connectivity index (χ2n) is 3.11. The molecule has 72 valence electrons. The van der Waals surface area contributed by atoms with Gasteiger partial charge in [-0.1, -0.05) is 25.4 Å². The van der Waals surface area contributed by atoms with Gasteiger partial charge in [-0.15, -0.1) is 0 Å². The zero-order valence-corrected chi connectivity index (χ0v) is 8.06. The van der Waals surface area contributed by atoms with Crippen LogP contribution in [0.2, 0.25) is 5.02 Å². The summed E-state index contributed by atoms with van der Waals surface area (Å²) < 4.78 is 12.9. The fraction of sp³-hybridized carbons (Fsp3) is 0.333. The first-order valence-corrected chi connectivity index (χ1v) is 4.22. The van der Waals surface area contributed by atoms with Gasteiger partial charge in [-0.3, -0.25) is 0 Å². The largest absolute Gasteiger partial charge is 0.503 e.